The summed E-state index contributed by atoms with van der Waals surface area (Å²) in [6, 6.07) is 25.2. The summed E-state index contributed by atoms with van der Waals surface area (Å²) in [5, 5.41) is 19.4. The van der Waals surface area contributed by atoms with Crippen molar-refractivity contribution in [3.63, 3.8) is 0 Å². The molecule has 6 rings (SSSR count). The summed E-state index contributed by atoms with van der Waals surface area (Å²) in [7, 11) is 6.10. The number of urea groups is 1. The summed E-state index contributed by atoms with van der Waals surface area (Å²) in [6.07, 6.45) is -2.30. The third-order valence-corrected chi connectivity index (χ3v) is 8.88. The molecule has 0 atom stereocenters. The Labute approximate surface area is 311 Å². The first-order valence-corrected chi connectivity index (χ1v) is 17.4. The van der Waals surface area contributed by atoms with Gasteiger partial charge in [-0.2, -0.15) is 23.5 Å². The lowest BCUT2D eigenvalue weighted by molar-refractivity contribution is -0.869. The lowest BCUT2D eigenvalue weighted by Gasteiger charge is -2.32. The van der Waals surface area contributed by atoms with Gasteiger partial charge < -0.3 is 20.0 Å². The van der Waals surface area contributed by atoms with Crippen molar-refractivity contribution in [1.29, 1.82) is 5.26 Å². The fourth-order valence-electron chi connectivity index (χ4n) is 6.05. The molecule has 5 aromatic rings. The number of rotatable bonds is 7. The van der Waals surface area contributed by atoms with Gasteiger partial charge in [-0.25, -0.2) is 23.6 Å². The highest BCUT2D eigenvalue weighted by atomic mass is 19.4. The Morgan fingerprint density at radius 2 is 1.54 bits per heavy atom. The van der Waals surface area contributed by atoms with Gasteiger partial charge in [-0.15, -0.1) is 0 Å². The summed E-state index contributed by atoms with van der Waals surface area (Å²) in [5.74, 6) is 0. The number of nitrogens with one attached hydrogen (secondary N) is 2. The second-order valence-corrected chi connectivity index (χ2v) is 13.8. The Bertz CT molecular complexity index is 2130. The summed E-state index contributed by atoms with van der Waals surface area (Å²) in [4.78, 5) is 42.4. The standard InChI is InChI=1S/C33H36F3N9O3.C6H6/c1-22-29(28-12-15-39-44(28)26-10-8-23(21-37)9-11-26)43(32(48)42(22)27-7-5-6-24(20-27)33(34,35)36)31(47)40-25-13-17-41(18-14-25)30(46)38-16-19-45(2,3)4;1-2-4-6-5-3-1/h5-12,15,20,25H,13-14,16-19H2,1-4H3,(H-,38,40,46,47);1-6H/p+1. The maximum atomic E-state index is 14.0. The van der Waals surface area contributed by atoms with E-state index in [0.717, 1.165) is 27.8 Å². The predicted octanol–water partition coefficient (Wildman–Crippen LogP) is 5.82. The van der Waals surface area contributed by atoms with Crippen LogP contribution in [-0.4, -0.2) is 93.7 Å². The molecule has 0 bridgehead atoms. The van der Waals surface area contributed by atoms with Crippen LogP contribution in [0.2, 0.25) is 0 Å². The molecule has 0 saturated carbocycles. The highest BCUT2D eigenvalue weighted by Crippen LogP contribution is 2.32. The van der Waals surface area contributed by atoms with Crippen LogP contribution >= 0.6 is 0 Å². The van der Waals surface area contributed by atoms with Gasteiger partial charge in [0.2, 0.25) is 0 Å². The Balaban J connectivity index is 0.000000850. The zero-order chi connectivity index (χ0) is 39.0. The lowest BCUT2D eigenvalue weighted by Crippen LogP contribution is -2.52. The molecule has 3 heterocycles. The highest BCUT2D eigenvalue weighted by molar-refractivity contribution is 5.83. The molecule has 1 aliphatic heterocycles. The van der Waals surface area contributed by atoms with E-state index in [-0.39, 0.29) is 29.1 Å². The van der Waals surface area contributed by atoms with E-state index in [4.69, 9.17) is 0 Å². The Hall–Kier alpha value is -6.14. The summed E-state index contributed by atoms with van der Waals surface area (Å²) >= 11 is 0. The number of carbonyl (C=O) groups is 2. The molecule has 2 N–H and O–H groups in total. The van der Waals surface area contributed by atoms with Gasteiger partial charge in [0, 0.05) is 19.1 Å². The topological polar surface area (TPSA) is 130 Å². The number of piperidine rings is 1. The Morgan fingerprint density at radius 3 is 2.11 bits per heavy atom. The van der Waals surface area contributed by atoms with E-state index in [9.17, 15) is 32.8 Å². The van der Waals surface area contributed by atoms with Gasteiger partial charge in [0.1, 0.15) is 5.69 Å². The maximum Gasteiger partial charge on any atom is 0.416 e. The van der Waals surface area contributed by atoms with E-state index >= 15 is 0 Å². The van der Waals surface area contributed by atoms with Crippen LogP contribution < -0.4 is 16.3 Å². The van der Waals surface area contributed by atoms with Crippen LogP contribution in [0, 0.1) is 18.3 Å². The Morgan fingerprint density at radius 1 is 0.907 bits per heavy atom. The predicted molar refractivity (Wildman–Crippen MR) is 198 cm³/mol. The molecule has 282 valence electrons. The Kier molecular flexibility index (Phi) is 12.1. The van der Waals surface area contributed by atoms with Gasteiger partial charge >= 0.3 is 23.9 Å². The number of benzene rings is 3. The van der Waals surface area contributed by atoms with Crippen molar-refractivity contribution in [3.05, 3.63) is 124 Å². The summed E-state index contributed by atoms with van der Waals surface area (Å²) in [6.45, 7) is 3.61. The average molecular weight is 743 g/mol. The van der Waals surface area contributed by atoms with Crippen molar-refractivity contribution in [2.45, 2.75) is 32.0 Å². The second kappa shape index (κ2) is 16.7. The van der Waals surface area contributed by atoms with E-state index in [1.807, 2.05) is 63.6 Å². The number of aromatic nitrogens is 4. The van der Waals surface area contributed by atoms with E-state index < -0.39 is 23.5 Å². The highest BCUT2D eigenvalue weighted by Gasteiger charge is 2.33. The van der Waals surface area contributed by atoms with Crippen molar-refractivity contribution in [1.82, 2.24) is 34.4 Å². The average Bonchev–Trinajstić information content (AvgIpc) is 3.73. The minimum atomic E-state index is -4.65. The minimum Gasteiger partial charge on any atom is -0.334 e. The number of carbonyl (C=O) groups excluding carboxylic acids is 2. The monoisotopic (exact) mass is 742 g/mol. The van der Waals surface area contributed by atoms with Crippen LogP contribution in [0.3, 0.4) is 0 Å². The van der Waals surface area contributed by atoms with E-state index in [1.165, 1.54) is 23.0 Å². The number of likely N-dealkylation sites (tertiary alicyclic amines) is 1. The van der Waals surface area contributed by atoms with Crippen molar-refractivity contribution in [2.24, 2.45) is 0 Å². The van der Waals surface area contributed by atoms with Crippen LogP contribution in [0.25, 0.3) is 22.8 Å². The summed E-state index contributed by atoms with van der Waals surface area (Å²) in [5.41, 5.74) is -0.238. The lowest BCUT2D eigenvalue weighted by atomic mass is 10.1. The molecule has 1 fully saturated rings. The molecule has 0 radical (unpaired) electrons. The molecule has 0 unspecified atom stereocenters. The number of halogens is 3. The fourth-order valence-corrected chi connectivity index (χ4v) is 6.05. The SMILES string of the molecule is Cc1c(-c2ccnn2-c2ccc(C#N)cc2)n(C(=O)NC2CCN(C(=O)NCC[N+](C)(C)C)CC2)c(=O)n1-c1cccc(C(F)(F)F)c1.c1ccccc1. The molecule has 3 aromatic carbocycles. The smallest absolute Gasteiger partial charge is 0.334 e. The van der Waals surface area contributed by atoms with Crippen molar-refractivity contribution >= 4 is 12.1 Å². The molecule has 3 amide bonds. The molecule has 0 aliphatic carbocycles. The molecular formula is C39H43F3N9O3+. The third-order valence-electron chi connectivity index (χ3n) is 8.88. The van der Waals surface area contributed by atoms with Gasteiger partial charge in [0.15, 0.2) is 0 Å². The zero-order valence-electron chi connectivity index (χ0n) is 30.5. The number of alkyl halides is 3. The number of likely N-dealkylation sites (N-methyl/N-ethyl adjacent to an activating group) is 1. The first kappa shape index (κ1) is 39.1. The third kappa shape index (κ3) is 9.44. The van der Waals surface area contributed by atoms with Gasteiger partial charge in [0.05, 0.1) is 80.4 Å². The largest absolute Gasteiger partial charge is 0.416 e. The molecule has 0 spiro atoms. The maximum absolute atomic E-state index is 14.0. The number of quaternary nitrogens is 1. The number of nitriles is 1. The van der Waals surface area contributed by atoms with Gasteiger partial charge in [0.25, 0.3) is 0 Å². The first-order valence-electron chi connectivity index (χ1n) is 17.4. The van der Waals surface area contributed by atoms with Crippen LogP contribution in [0.15, 0.2) is 102 Å². The van der Waals surface area contributed by atoms with Crippen LogP contribution in [-0.2, 0) is 6.18 Å². The van der Waals surface area contributed by atoms with E-state index in [2.05, 4.69) is 15.7 Å². The van der Waals surface area contributed by atoms with Crippen molar-refractivity contribution in [3.8, 4) is 28.8 Å². The van der Waals surface area contributed by atoms with Crippen molar-refractivity contribution in [2.75, 3.05) is 47.3 Å². The molecule has 15 heteroatoms. The van der Waals surface area contributed by atoms with Crippen LogP contribution in [0.1, 0.15) is 29.7 Å². The molecule has 12 nitrogen and oxygen atoms in total. The summed E-state index contributed by atoms with van der Waals surface area (Å²) < 4.78 is 45.1. The minimum absolute atomic E-state index is 0.0610. The first-order chi connectivity index (χ1) is 25.7. The molecule has 2 aromatic heterocycles. The quantitative estimate of drug-likeness (QED) is 0.203. The van der Waals surface area contributed by atoms with Crippen LogP contribution in [0.5, 0.6) is 0 Å². The number of imidazole rings is 1. The molecule has 1 aliphatic rings. The van der Waals surface area contributed by atoms with Crippen molar-refractivity contribution < 1.29 is 27.2 Å². The zero-order valence-corrected chi connectivity index (χ0v) is 30.5. The van der Waals surface area contributed by atoms with Gasteiger partial charge in [-0.1, -0.05) is 42.5 Å². The number of hydrogen-bond donors (Lipinski definition) is 2. The number of hydrogen-bond acceptors (Lipinski definition) is 5. The van der Waals surface area contributed by atoms with Gasteiger partial charge in [-0.05, 0) is 68.3 Å². The number of amides is 3. The fraction of sp³-hybridized carbons (Fsp3) is 0.308. The van der Waals surface area contributed by atoms with Gasteiger partial charge in [-0.3, -0.25) is 4.57 Å². The number of nitrogens with zero attached hydrogens (tertiary/aromatic N) is 7. The van der Waals surface area contributed by atoms with Crippen LogP contribution in [0.4, 0.5) is 22.8 Å². The van der Waals surface area contributed by atoms with E-state index in [0.29, 0.717) is 53.9 Å². The molecule has 54 heavy (non-hydrogen) atoms. The second-order valence-electron chi connectivity index (χ2n) is 13.8. The molecule has 1 saturated heterocycles. The normalized spacial score (nSPS) is 13.4. The molecular weight excluding hydrogens is 699 g/mol. The van der Waals surface area contributed by atoms with E-state index in [1.54, 1.807) is 42.2 Å².